The summed E-state index contributed by atoms with van der Waals surface area (Å²) in [5, 5.41) is 0. The summed E-state index contributed by atoms with van der Waals surface area (Å²) in [6.07, 6.45) is 1.48. The van der Waals surface area contributed by atoms with E-state index < -0.39 is 0 Å². The van der Waals surface area contributed by atoms with Crippen molar-refractivity contribution >= 4 is 0 Å². The number of rotatable bonds is 0. The van der Waals surface area contributed by atoms with E-state index >= 15 is 0 Å². The maximum atomic E-state index is 5.49. The topological polar surface area (TPSA) is 21.8 Å². The molecule has 2 aliphatic rings. The van der Waals surface area contributed by atoms with Crippen LogP contribution in [0.1, 0.15) is 34.1 Å². The largest absolute Gasteiger partial charge is 0.378 e. The van der Waals surface area contributed by atoms with Gasteiger partial charge in [-0.3, -0.25) is 0 Å². The molecule has 0 saturated carbocycles. The molecule has 72 valence electrons. The molecule has 0 aromatic heterocycles. The van der Waals surface area contributed by atoms with E-state index in [2.05, 4.69) is 13.8 Å². The summed E-state index contributed by atoms with van der Waals surface area (Å²) >= 11 is 0. The Balaban J connectivity index is 0.000000336. The van der Waals surface area contributed by atoms with Gasteiger partial charge in [0.1, 0.15) is 0 Å². The molecule has 2 heterocycles. The molecule has 2 rings (SSSR count). The van der Waals surface area contributed by atoms with Crippen molar-refractivity contribution in [1.82, 2.24) is 0 Å². The molecule has 0 aliphatic carbocycles. The Morgan fingerprint density at radius 2 is 1.83 bits per heavy atom. The Hall–Kier alpha value is -0.0800. The fourth-order valence-corrected chi connectivity index (χ4v) is 1.72. The SMILES string of the molecule is CC.CC1OCCC2(CO2)C1C. The Kier molecular flexibility index (Phi) is 3.13. The van der Waals surface area contributed by atoms with Crippen LogP contribution in [0, 0.1) is 5.92 Å². The Labute approximate surface area is 75.2 Å². The molecule has 1 spiro atoms. The minimum atomic E-state index is 0.234. The first-order valence-electron chi connectivity index (χ1n) is 5.00. The zero-order valence-corrected chi connectivity index (χ0v) is 8.59. The molecular formula is C10H20O2. The fourth-order valence-electron chi connectivity index (χ4n) is 1.72. The van der Waals surface area contributed by atoms with Crippen LogP contribution in [0.4, 0.5) is 0 Å². The van der Waals surface area contributed by atoms with Crippen molar-refractivity contribution in [3.63, 3.8) is 0 Å². The van der Waals surface area contributed by atoms with E-state index in [0.717, 1.165) is 19.6 Å². The molecule has 2 heteroatoms. The van der Waals surface area contributed by atoms with E-state index in [1.165, 1.54) is 0 Å². The van der Waals surface area contributed by atoms with Gasteiger partial charge in [-0.15, -0.1) is 0 Å². The highest BCUT2D eigenvalue weighted by Crippen LogP contribution is 2.43. The fraction of sp³-hybridized carbons (Fsp3) is 1.00. The van der Waals surface area contributed by atoms with E-state index in [4.69, 9.17) is 9.47 Å². The number of hydrogen-bond donors (Lipinski definition) is 0. The first-order chi connectivity index (χ1) is 5.75. The second-order valence-electron chi connectivity index (χ2n) is 3.47. The molecule has 3 atom stereocenters. The summed E-state index contributed by atoms with van der Waals surface area (Å²) < 4.78 is 10.9. The van der Waals surface area contributed by atoms with Crippen molar-refractivity contribution in [3.05, 3.63) is 0 Å². The van der Waals surface area contributed by atoms with Crippen molar-refractivity contribution in [1.29, 1.82) is 0 Å². The van der Waals surface area contributed by atoms with E-state index in [0.29, 0.717) is 12.0 Å². The zero-order valence-electron chi connectivity index (χ0n) is 8.59. The highest BCUT2D eigenvalue weighted by Gasteiger charge is 2.53. The summed E-state index contributed by atoms with van der Waals surface area (Å²) in [7, 11) is 0. The smallest absolute Gasteiger partial charge is 0.0988 e. The van der Waals surface area contributed by atoms with Crippen LogP contribution in [0.15, 0.2) is 0 Å². The van der Waals surface area contributed by atoms with Gasteiger partial charge in [0.25, 0.3) is 0 Å². The minimum absolute atomic E-state index is 0.234. The lowest BCUT2D eigenvalue weighted by atomic mass is 9.86. The molecular weight excluding hydrogens is 152 g/mol. The van der Waals surface area contributed by atoms with Gasteiger partial charge < -0.3 is 9.47 Å². The number of hydrogen-bond acceptors (Lipinski definition) is 2. The second-order valence-corrected chi connectivity index (χ2v) is 3.47. The molecule has 0 aromatic rings. The van der Waals surface area contributed by atoms with Gasteiger partial charge in [0.15, 0.2) is 0 Å². The van der Waals surface area contributed by atoms with Crippen LogP contribution in [0.25, 0.3) is 0 Å². The summed E-state index contributed by atoms with van der Waals surface area (Å²) in [6, 6.07) is 0. The van der Waals surface area contributed by atoms with Crippen LogP contribution in [0.3, 0.4) is 0 Å². The first-order valence-corrected chi connectivity index (χ1v) is 5.00. The number of epoxide rings is 1. The third kappa shape index (κ3) is 1.64. The van der Waals surface area contributed by atoms with Gasteiger partial charge in [-0.05, 0) is 6.92 Å². The summed E-state index contributed by atoms with van der Waals surface area (Å²) in [5.41, 5.74) is 0.234. The van der Waals surface area contributed by atoms with Crippen molar-refractivity contribution < 1.29 is 9.47 Å². The average Bonchev–Trinajstić information content (AvgIpc) is 2.86. The Morgan fingerprint density at radius 3 is 2.25 bits per heavy atom. The predicted molar refractivity (Wildman–Crippen MR) is 49.2 cm³/mol. The van der Waals surface area contributed by atoms with Gasteiger partial charge in [-0.25, -0.2) is 0 Å². The van der Waals surface area contributed by atoms with E-state index in [-0.39, 0.29) is 5.60 Å². The first kappa shape index (κ1) is 10.0. The Bertz CT molecular complexity index is 141. The molecule has 2 fully saturated rings. The van der Waals surface area contributed by atoms with Gasteiger partial charge in [0.2, 0.25) is 0 Å². The lowest BCUT2D eigenvalue weighted by molar-refractivity contribution is -0.0510. The lowest BCUT2D eigenvalue weighted by Gasteiger charge is -2.31. The van der Waals surface area contributed by atoms with Crippen molar-refractivity contribution in [2.75, 3.05) is 13.2 Å². The molecule has 0 N–H and O–H groups in total. The Morgan fingerprint density at radius 1 is 1.25 bits per heavy atom. The molecule has 0 bridgehead atoms. The lowest BCUT2D eigenvalue weighted by Crippen LogP contribution is -2.38. The molecule has 0 radical (unpaired) electrons. The second kappa shape index (κ2) is 3.75. The molecule has 12 heavy (non-hydrogen) atoms. The maximum Gasteiger partial charge on any atom is 0.0988 e. The van der Waals surface area contributed by atoms with Crippen molar-refractivity contribution in [2.24, 2.45) is 5.92 Å². The van der Waals surface area contributed by atoms with E-state index in [9.17, 15) is 0 Å². The number of ether oxygens (including phenoxy) is 2. The van der Waals surface area contributed by atoms with Crippen LogP contribution < -0.4 is 0 Å². The van der Waals surface area contributed by atoms with Gasteiger partial charge in [0, 0.05) is 18.9 Å². The highest BCUT2D eigenvalue weighted by atomic mass is 16.6. The van der Waals surface area contributed by atoms with Gasteiger partial charge in [-0.1, -0.05) is 20.8 Å². The monoisotopic (exact) mass is 172 g/mol. The average molecular weight is 172 g/mol. The van der Waals surface area contributed by atoms with Crippen LogP contribution >= 0.6 is 0 Å². The standard InChI is InChI=1S/C8H14O2.C2H6/c1-6-7(2)9-4-3-8(6)5-10-8;1-2/h6-7H,3-5H2,1-2H3;1-2H3. The van der Waals surface area contributed by atoms with Crippen molar-refractivity contribution in [3.8, 4) is 0 Å². The van der Waals surface area contributed by atoms with Crippen LogP contribution in [0.2, 0.25) is 0 Å². The summed E-state index contributed by atoms with van der Waals surface area (Å²) in [5.74, 6) is 0.584. The van der Waals surface area contributed by atoms with Crippen molar-refractivity contribution in [2.45, 2.75) is 45.8 Å². The van der Waals surface area contributed by atoms with E-state index in [1.54, 1.807) is 0 Å². The third-order valence-electron chi connectivity index (χ3n) is 2.96. The van der Waals surface area contributed by atoms with Gasteiger partial charge >= 0.3 is 0 Å². The van der Waals surface area contributed by atoms with E-state index in [1.807, 2.05) is 13.8 Å². The normalized spacial score (nSPS) is 45.0. The molecule has 0 aromatic carbocycles. The molecule has 2 aliphatic heterocycles. The third-order valence-corrected chi connectivity index (χ3v) is 2.96. The quantitative estimate of drug-likeness (QED) is 0.523. The minimum Gasteiger partial charge on any atom is -0.378 e. The van der Waals surface area contributed by atoms with Gasteiger partial charge in [-0.2, -0.15) is 0 Å². The molecule has 2 nitrogen and oxygen atoms in total. The summed E-state index contributed by atoms with van der Waals surface area (Å²) in [4.78, 5) is 0. The van der Waals surface area contributed by atoms with Crippen LogP contribution in [-0.4, -0.2) is 24.9 Å². The predicted octanol–water partition coefficient (Wildman–Crippen LogP) is 2.23. The highest BCUT2D eigenvalue weighted by molar-refractivity contribution is 5.00. The molecule has 2 saturated heterocycles. The van der Waals surface area contributed by atoms with Gasteiger partial charge in [0.05, 0.1) is 18.3 Å². The van der Waals surface area contributed by atoms with Crippen LogP contribution in [-0.2, 0) is 9.47 Å². The molecule has 0 amide bonds. The molecule has 3 unspecified atom stereocenters. The van der Waals surface area contributed by atoms with Crippen LogP contribution in [0.5, 0.6) is 0 Å². The summed E-state index contributed by atoms with van der Waals surface area (Å²) in [6.45, 7) is 10.2. The maximum absolute atomic E-state index is 5.49. The zero-order chi connectivity index (χ0) is 9.19.